The van der Waals surface area contributed by atoms with Crippen LogP contribution in [0.5, 0.6) is 0 Å². The van der Waals surface area contributed by atoms with Gasteiger partial charge in [-0.1, -0.05) is 13.3 Å². The summed E-state index contributed by atoms with van der Waals surface area (Å²) in [5, 5.41) is 3.39. The molecule has 0 unspecified atom stereocenters. The highest BCUT2D eigenvalue weighted by molar-refractivity contribution is 6.04. The van der Waals surface area contributed by atoms with Gasteiger partial charge in [-0.05, 0) is 34.1 Å². The SMILES string of the molecule is CCCCNc1c(C(=O)OCC)c(C)nc2c1nc(C)n2CC. The maximum Gasteiger partial charge on any atom is 0.342 e. The van der Waals surface area contributed by atoms with Gasteiger partial charge in [-0.2, -0.15) is 0 Å². The molecular weight excluding hydrogens is 292 g/mol. The number of esters is 1. The maximum atomic E-state index is 12.4. The quantitative estimate of drug-likeness (QED) is 0.625. The fraction of sp³-hybridized carbons (Fsp3) is 0.588. The predicted octanol–water partition coefficient (Wildman–Crippen LogP) is 3.46. The molecule has 2 heterocycles. The lowest BCUT2D eigenvalue weighted by Gasteiger charge is -2.14. The summed E-state index contributed by atoms with van der Waals surface area (Å²) in [4.78, 5) is 21.6. The highest BCUT2D eigenvalue weighted by Crippen LogP contribution is 2.29. The van der Waals surface area contributed by atoms with Crippen LogP contribution in [-0.2, 0) is 11.3 Å². The molecule has 0 saturated carbocycles. The van der Waals surface area contributed by atoms with Crippen molar-refractivity contribution in [2.45, 2.75) is 54.0 Å². The second kappa shape index (κ2) is 7.44. The van der Waals surface area contributed by atoms with Crippen molar-refractivity contribution in [3.8, 4) is 0 Å². The van der Waals surface area contributed by atoms with Crippen LogP contribution in [0.1, 0.15) is 55.5 Å². The molecule has 0 spiro atoms. The van der Waals surface area contributed by atoms with Crippen molar-refractivity contribution in [1.29, 1.82) is 0 Å². The third kappa shape index (κ3) is 3.30. The van der Waals surface area contributed by atoms with Gasteiger partial charge in [-0.3, -0.25) is 0 Å². The van der Waals surface area contributed by atoms with Gasteiger partial charge in [0.1, 0.15) is 16.9 Å². The standard InChI is InChI=1S/C17H26N4O2/c1-6-9-10-18-14-13(17(22)23-8-3)11(4)19-16-15(14)20-12(5)21(16)7-2/h6-10H2,1-5H3,(H,18,19). The fourth-order valence-corrected chi connectivity index (χ4v) is 2.74. The van der Waals surface area contributed by atoms with Gasteiger partial charge >= 0.3 is 5.97 Å². The Kier molecular flexibility index (Phi) is 5.58. The van der Waals surface area contributed by atoms with Crippen LogP contribution >= 0.6 is 0 Å². The van der Waals surface area contributed by atoms with Crippen LogP contribution < -0.4 is 5.32 Å². The van der Waals surface area contributed by atoms with Gasteiger partial charge in [-0.25, -0.2) is 14.8 Å². The summed E-state index contributed by atoms with van der Waals surface area (Å²) in [5.74, 6) is 0.552. The summed E-state index contributed by atoms with van der Waals surface area (Å²) in [6, 6.07) is 0. The number of unbranched alkanes of at least 4 members (excludes halogenated alkanes) is 1. The van der Waals surface area contributed by atoms with Crippen molar-refractivity contribution >= 4 is 22.8 Å². The molecule has 0 saturated heterocycles. The topological polar surface area (TPSA) is 69.0 Å². The Hall–Kier alpha value is -2.11. The van der Waals surface area contributed by atoms with E-state index in [2.05, 4.69) is 33.7 Å². The van der Waals surface area contributed by atoms with Gasteiger partial charge in [-0.15, -0.1) is 0 Å². The number of aryl methyl sites for hydroxylation is 3. The first kappa shape index (κ1) is 17.2. The Morgan fingerprint density at radius 3 is 2.57 bits per heavy atom. The summed E-state index contributed by atoms with van der Waals surface area (Å²) >= 11 is 0. The van der Waals surface area contributed by atoms with Crippen LogP contribution in [0.4, 0.5) is 5.69 Å². The zero-order valence-electron chi connectivity index (χ0n) is 14.7. The fourth-order valence-electron chi connectivity index (χ4n) is 2.74. The molecule has 6 nitrogen and oxygen atoms in total. The van der Waals surface area contributed by atoms with Gasteiger partial charge in [0.15, 0.2) is 5.65 Å². The van der Waals surface area contributed by atoms with Gasteiger partial charge in [0.2, 0.25) is 0 Å². The number of pyridine rings is 1. The van der Waals surface area contributed by atoms with Crippen molar-refractivity contribution in [2.75, 3.05) is 18.5 Å². The smallest absolute Gasteiger partial charge is 0.342 e. The normalized spacial score (nSPS) is 11.0. The van der Waals surface area contributed by atoms with E-state index in [4.69, 9.17) is 4.74 Å². The van der Waals surface area contributed by atoms with E-state index in [0.717, 1.165) is 48.6 Å². The highest BCUT2D eigenvalue weighted by atomic mass is 16.5. The number of nitrogens with zero attached hydrogens (tertiary/aromatic N) is 3. The van der Waals surface area contributed by atoms with Crippen LogP contribution in [0.3, 0.4) is 0 Å². The van der Waals surface area contributed by atoms with Gasteiger partial charge in [0.05, 0.1) is 18.0 Å². The van der Waals surface area contributed by atoms with Crippen molar-refractivity contribution in [1.82, 2.24) is 14.5 Å². The minimum atomic E-state index is -0.345. The molecule has 0 aliphatic rings. The van der Waals surface area contributed by atoms with Crippen LogP contribution in [-0.4, -0.2) is 33.7 Å². The monoisotopic (exact) mass is 318 g/mol. The van der Waals surface area contributed by atoms with E-state index >= 15 is 0 Å². The van der Waals surface area contributed by atoms with Crippen LogP contribution in [0, 0.1) is 13.8 Å². The lowest BCUT2D eigenvalue weighted by atomic mass is 10.1. The van der Waals surface area contributed by atoms with Gasteiger partial charge in [0, 0.05) is 13.1 Å². The molecule has 0 fully saturated rings. The maximum absolute atomic E-state index is 12.4. The molecule has 0 radical (unpaired) electrons. The third-order valence-corrected chi connectivity index (χ3v) is 3.88. The number of aromatic nitrogens is 3. The van der Waals surface area contributed by atoms with E-state index in [1.54, 1.807) is 6.92 Å². The average molecular weight is 318 g/mol. The molecule has 0 aromatic carbocycles. The molecule has 1 N–H and O–H groups in total. The minimum absolute atomic E-state index is 0.340. The summed E-state index contributed by atoms with van der Waals surface area (Å²) in [7, 11) is 0. The molecule has 126 valence electrons. The predicted molar refractivity (Wildman–Crippen MR) is 92.0 cm³/mol. The van der Waals surface area contributed by atoms with Crippen molar-refractivity contribution < 1.29 is 9.53 Å². The lowest BCUT2D eigenvalue weighted by molar-refractivity contribution is 0.0526. The molecule has 0 bridgehead atoms. The summed E-state index contributed by atoms with van der Waals surface area (Å²) in [6.07, 6.45) is 2.11. The molecule has 23 heavy (non-hydrogen) atoms. The Morgan fingerprint density at radius 2 is 1.96 bits per heavy atom. The number of rotatable bonds is 7. The van der Waals surface area contributed by atoms with Crippen molar-refractivity contribution in [2.24, 2.45) is 0 Å². The van der Waals surface area contributed by atoms with E-state index in [-0.39, 0.29) is 5.97 Å². The van der Waals surface area contributed by atoms with E-state index in [1.165, 1.54) is 0 Å². The number of carbonyl (C=O) groups excluding carboxylic acids is 1. The number of hydrogen-bond acceptors (Lipinski definition) is 5. The molecule has 2 aromatic rings. The molecule has 0 atom stereocenters. The Bertz CT molecular complexity index is 706. The minimum Gasteiger partial charge on any atom is -0.462 e. The number of hydrogen-bond donors (Lipinski definition) is 1. The lowest BCUT2D eigenvalue weighted by Crippen LogP contribution is -2.14. The summed E-state index contributed by atoms with van der Waals surface area (Å²) < 4.78 is 7.27. The first-order chi connectivity index (χ1) is 11.0. The third-order valence-electron chi connectivity index (χ3n) is 3.88. The summed E-state index contributed by atoms with van der Waals surface area (Å²) in [5.41, 5.74) is 3.47. The first-order valence-corrected chi connectivity index (χ1v) is 8.33. The number of nitrogens with one attached hydrogen (secondary N) is 1. The average Bonchev–Trinajstić information content (AvgIpc) is 2.82. The second-order valence-corrected chi connectivity index (χ2v) is 5.52. The second-order valence-electron chi connectivity index (χ2n) is 5.52. The van der Waals surface area contributed by atoms with Crippen molar-refractivity contribution in [3.63, 3.8) is 0 Å². The van der Waals surface area contributed by atoms with Crippen molar-refractivity contribution in [3.05, 3.63) is 17.1 Å². The molecule has 0 amide bonds. The van der Waals surface area contributed by atoms with Crippen LogP contribution in [0.2, 0.25) is 0 Å². The number of imidazole rings is 1. The van der Waals surface area contributed by atoms with Crippen LogP contribution in [0.15, 0.2) is 0 Å². The highest BCUT2D eigenvalue weighted by Gasteiger charge is 2.23. The number of anilines is 1. The molecular formula is C17H26N4O2. The first-order valence-electron chi connectivity index (χ1n) is 8.33. The number of fused-ring (bicyclic) bond motifs is 1. The number of carbonyl (C=O) groups is 1. The molecule has 6 heteroatoms. The summed E-state index contributed by atoms with van der Waals surface area (Å²) in [6.45, 7) is 11.7. The van der Waals surface area contributed by atoms with Crippen LogP contribution in [0.25, 0.3) is 11.2 Å². The van der Waals surface area contributed by atoms with E-state index in [1.807, 2.05) is 13.8 Å². The molecule has 2 rings (SSSR count). The zero-order valence-corrected chi connectivity index (χ0v) is 14.7. The zero-order chi connectivity index (χ0) is 17.0. The molecule has 0 aliphatic heterocycles. The van der Waals surface area contributed by atoms with Gasteiger partial charge in [0.25, 0.3) is 0 Å². The Balaban J connectivity index is 2.65. The Labute approximate surface area is 137 Å². The molecule has 0 aliphatic carbocycles. The van der Waals surface area contributed by atoms with E-state index in [9.17, 15) is 4.79 Å². The Morgan fingerprint density at radius 1 is 1.22 bits per heavy atom. The van der Waals surface area contributed by atoms with E-state index in [0.29, 0.717) is 17.9 Å². The van der Waals surface area contributed by atoms with E-state index < -0.39 is 0 Å². The molecule has 2 aromatic heterocycles. The van der Waals surface area contributed by atoms with Gasteiger partial charge < -0.3 is 14.6 Å². The largest absolute Gasteiger partial charge is 0.462 e. The number of ether oxygens (including phenoxy) is 1.